The molecule has 3 aromatic rings. The molecule has 1 aliphatic rings. The molecule has 0 fully saturated rings. The van der Waals surface area contributed by atoms with Gasteiger partial charge in [0.05, 0.1) is 28.1 Å². The molecule has 6 nitrogen and oxygen atoms in total. The van der Waals surface area contributed by atoms with Gasteiger partial charge in [-0.15, -0.1) is 23.1 Å². The number of benzene rings is 1. The summed E-state index contributed by atoms with van der Waals surface area (Å²) in [6.07, 6.45) is 1.98. The molecule has 0 saturated carbocycles. The van der Waals surface area contributed by atoms with E-state index < -0.39 is 0 Å². The minimum Gasteiger partial charge on any atom is -0.497 e. The number of amides is 1. The van der Waals surface area contributed by atoms with E-state index in [1.54, 1.807) is 53.8 Å². The Kier molecular flexibility index (Phi) is 5.89. The van der Waals surface area contributed by atoms with Gasteiger partial charge < -0.3 is 9.64 Å². The molecule has 1 aliphatic heterocycles. The number of hydrogen-bond acceptors (Lipinski definition) is 7. The Labute approximate surface area is 181 Å². The highest BCUT2D eigenvalue weighted by Gasteiger charge is 2.23. The van der Waals surface area contributed by atoms with Crippen LogP contribution in [0.5, 0.6) is 5.75 Å². The third-order valence-electron chi connectivity index (χ3n) is 4.72. The summed E-state index contributed by atoms with van der Waals surface area (Å²) in [6.45, 7) is 0. The monoisotopic (exact) mass is 447 g/mol. The smallest absolute Gasteiger partial charge is 0.267 e. The van der Waals surface area contributed by atoms with Crippen LogP contribution in [0, 0.1) is 0 Å². The molecule has 0 unspecified atom stereocenters. The van der Waals surface area contributed by atoms with Crippen molar-refractivity contribution in [3.63, 3.8) is 0 Å². The van der Waals surface area contributed by atoms with Crippen molar-refractivity contribution in [1.82, 2.24) is 14.5 Å². The lowest BCUT2D eigenvalue weighted by Gasteiger charge is -2.15. The molecule has 1 amide bonds. The Morgan fingerprint density at radius 3 is 2.76 bits per heavy atom. The van der Waals surface area contributed by atoms with Crippen molar-refractivity contribution in [3.05, 3.63) is 40.2 Å². The number of ether oxygens (including phenoxy) is 1. The van der Waals surface area contributed by atoms with Crippen LogP contribution in [0.1, 0.15) is 12.0 Å². The van der Waals surface area contributed by atoms with Crippen LogP contribution in [0.2, 0.25) is 0 Å². The maximum Gasteiger partial charge on any atom is 0.267 e. The number of aromatic nitrogens is 2. The van der Waals surface area contributed by atoms with Gasteiger partial charge in [0.15, 0.2) is 5.16 Å². The number of methoxy groups -OCH3 is 1. The Balaban J connectivity index is 1.88. The van der Waals surface area contributed by atoms with Gasteiger partial charge in [0.1, 0.15) is 10.6 Å². The molecule has 0 radical (unpaired) electrons. The number of hydrogen-bond donors (Lipinski definition) is 0. The normalized spacial score (nSPS) is 13.3. The predicted octanol–water partition coefficient (Wildman–Crippen LogP) is 3.67. The first-order valence-electron chi connectivity index (χ1n) is 9.18. The molecule has 152 valence electrons. The average Bonchev–Trinajstić information content (AvgIpc) is 3.10. The van der Waals surface area contributed by atoms with Gasteiger partial charge in [0.2, 0.25) is 5.91 Å². The molecule has 4 rings (SSSR count). The van der Waals surface area contributed by atoms with E-state index in [1.165, 1.54) is 16.0 Å². The fraction of sp³-hybridized carbons (Fsp3) is 0.350. The van der Waals surface area contributed by atoms with Crippen molar-refractivity contribution in [2.45, 2.75) is 22.2 Å². The minimum absolute atomic E-state index is 0.0216. The molecule has 29 heavy (non-hydrogen) atoms. The summed E-state index contributed by atoms with van der Waals surface area (Å²) in [5, 5.41) is 1.25. The van der Waals surface area contributed by atoms with Crippen LogP contribution in [-0.2, 0) is 11.2 Å². The summed E-state index contributed by atoms with van der Waals surface area (Å²) in [5.41, 5.74) is 1.77. The molecule has 0 aliphatic carbocycles. The van der Waals surface area contributed by atoms with E-state index in [0.717, 1.165) is 40.1 Å². The Morgan fingerprint density at radius 2 is 2.07 bits per heavy atom. The molecule has 0 N–H and O–H groups in total. The lowest BCUT2D eigenvalue weighted by Crippen LogP contribution is -2.25. The second-order valence-electron chi connectivity index (χ2n) is 6.81. The van der Waals surface area contributed by atoms with Crippen LogP contribution in [0.25, 0.3) is 15.9 Å². The minimum atomic E-state index is -0.0695. The molecule has 0 atom stereocenters. The maximum absolute atomic E-state index is 13.6. The molecular weight excluding hydrogens is 426 g/mol. The number of thiophene rings is 1. The second-order valence-corrected chi connectivity index (χ2v) is 10.1. The van der Waals surface area contributed by atoms with E-state index in [2.05, 4.69) is 0 Å². The van der Waals surface area contributed by atoms with Gasteiger partial charge in [0, 0.05) is 14.1 Å². The summed E-state index contributed by atoms with van der Waals surface area (Å²) in [4.78, 5) is 32.9. The molecule has 0 spiro atoms. The number of carbonyl (C=O) groups is 1. The highest BCUT2D eigenvalue weighted by molar-refractivity contribution is 8.01. The van der Waals surface area contributed by atoms with Gasteiger partial charge in [-0.3, -0.25) is 14.2 Å². The lowest BCUT2D eigenvalue weighted by atomic mass is 10.1. The van der Waals surface area contributed by atoms with E-state index in [0.29, 0.717) is 10.8 Å². The van der Waals surface area contributed by atoms with Crippen LogP contribution in [0.15, 0.2) is 38.4 Å². The van der Waals surface area contributed by atoms with Crippen LogP contribution >= 0.6 is 34.9 Å². The zero-order chi connectivity index (χ0) is 20.5. The fourth-order valence-electron chi connectivity index (χ4n) is 3.14. The first-order valence-corrected chi connectivity index (χ1v) is 12.0. The summed E-state index contributed by atoms with van der Waals surface area (Å²) < 4.78 is 8.07. The molecule has 9 heteroatoms. The quantitative estimate of drug-likeness (QED) is 0.439. The fourth-order valence-corrected chi connectivity index (χ4v) is 6.70. The first kappa shape index (κ1) is 20.3. The zero-order valence-electron chi connectivity index (χ0n) is 16.4. The van der Waals surface area contributed by atoms with Crippen LogP contribution in [-0.4, -0.2) is 53.1 Å². The van der Waals surface area contributed by atoms with E-state index in [4.69, 9.17) is 9.72 Å². The van der Waals surface area contributed by atoms with Crippen molar-refractivity contribution in [2.24, 2.45) is 0 Å². The molecule has 0 bridgehead atoms. The van der Waals surface area contributed by atoms with E-state index in [-0.39, 0.29) is 17.2 Å². The molecule has 1 aromatic carbocycles. The number of fused-ring (bicyclic) bond motifs is 3. The second kappa shape index (κ2) is 8.41. The van der Waals surface area contributed by atoms with Crippen molar-refractivity contribution in [2.75, 3.05) is 32.7 Å². The topological polar surface area (TPSA) is 64.4 Å². The predicted molar refractivity (Wildman–Crippen MR) is 120 cm³/mol. The summed E-state index contributed by atoms with van der Waals surface area (Å²) >= 11 is 4.68. The third-order valence-corrected chi connectivity index (χ3v) is 8.16. The van der Waals surface area contributed by atoms with Crippen LogP contribution in [0.4, 0.5) is 0 Å². The summed E-state index contributed by atoms with van der Waals surface area (Å²) in [5.74, 6) is 2.00. The van der Waals surface area contributed by atoms with Gasteiger partial charge in [-0.2, -0.15) is 0 Å². The van der Waals surface area contributed by atoms with Gasteiger partial charge in [-0.1, -0.05) is 11.8 Å². The number of nitrogens with zero attached hydrogens (tertiary/aromatic N) is 3. The molecular formula is C20H21N3O3S3. The van der Waals surface area contributed by atoms with Crippen molar-refractivity contribution in [3.8, 4) is 11.4 Å². The van der Waals surface area contributed by atoms with Crippen molar-refractivity contribution >= 4 is 51.0 Å². The van der Waals surface area contributed by atoms with Crippen molar-refractivity contribution in [1.29, 1.82) is 0 Å². The van der Waals surface area contributed by atoms with Gasteiger partial charge in [-0.05, 0) is 48.4 Å². The van der Waals surface area contributed by atoms with Crippen LogP contribution < -0.4 is 10.3 Å². The Bertz CT molecular complexity index is 1120. The number of carbonyl (C=O) groups excluding carboxylic acids is 1. The maximum atomic E-state index is 13.6. The van der Waals surface area contributed by atoms with Gasteiger partial charge in [0.25, 0.3) is 5.56 Å². The first-order chi connectivity index (χ1) is 14.0. The Morgan fingerprint density at radius 1 is 1.31 bits per heavy atom. The molecule has 2 aromatic heterocycles. The van der Waals surface area contributed by atoms with E-state index in [9.17, 15) is 9.59 Å². The summed E-state index contributed by atoms with van der Waals surface area (Å²) in [6, 6.07) is 7.34. The average molecular weight is 448 g/mol. The standard InChI is InChI=1S/C20H21N3O3S3/c1-22(2)15(24)11-28-20-21-17-16(14-5-4-10-27-19(14)29-17)18(25)23(20)12-6-8-13(26-3)9-7-12/h6-9H,4-5,10-11H2,1-3H3. The van der Waals surface area contributed by atoms with E-state index in [1.807, 2.05) is 24.3 Å². The Hall–Kier alpha value is -1.97. The number of rotatable bonds is 5. The SMILES string of the molecule is COc1ccc(-n2c(SCC(=O)N(C)C)nc3sc4c(c3c2=O)CCCS4)cc1. The van der Waals surface area contributed by atoms with Crippen molar-refractivity contribution < 1.29 is 9.53 Å². The van der Waals surface area contributed by atoms with Gasteiger partial charge in [-0.25, -0.2) is 4.98 Å². The van der Waals surface area contributed by atoms with Crippen LogP contribution in [0.3, 0.4) is 0 Å². The highest BCUT2D eigenvalue weighted by Crippen LogP contribution is 2.41. The number of aryl methyl sites for hydroxylation is 1. The zero-order valence-corrected chi connectivity index (χ0v) is 18.9. The lowest BCUT2D eigenvalue weighted by molar-refractivity contribution is -0.125. The molecule has 0 saturated heterocycles. The van der Waals surface area contributed by atoms with E-state index >= 15 is 0 Å². The highest BCUT2D eigenvalue weighted by atomic mass is 32.2. The van der Waals surface area contributed by atoms with Gasteiger partial charge >= 0.3 is 0 Å². The largest absolute Gasteiger partial charge is 0.497 e. The molecule has 3 heterocycles. The number of thioether (sulfide) groups is 2. The third kappa shape index (κ3) is 3.91. The summed E-state index contributed by atoms with van der Waals surface area (Å²) in [7, 11) is 5.06.